The van der Waals surface area contributed by atoms with Gasteiger partial charge in [-0.25, -0.2) is 4.79 Å². The van der Waals surface area contributed by atoms with Gasteiger partial charge in [-0.2, -0.15) is 0 Å². The summed E-state index contributed by atoms with van der Waals surface area (Å²) in [6.45, 7) is 8.94. The van der Waals surface area contributed by atoms with Gasteiger partial charge in [0.15, 0.2) is 0 Å². The third-order valence-electron chi connectivity index (χ3n) is 4.22. The summed E-state index contributed by atoms with van der Waals surface area (Å²) in [5, 5.41) is 0. The maximum absolute atomic E-state index is 12.5. The minimum absolute atomic E-state index is 0.116. The zero-order valence-electron chi connectivity index (χ0n) is 14.6. The molecule has 1 amide bonds. The van der Waals surface area contributed by atoms with E-state index in [0.717, 1.165) is 38.0 Å². The first-order valence-corrected chi connectivity index (χ1v) is 8.57. The van der Waals surface area contributed by atoms with Crippen molar-refractivity contribution in [2.24, 2.45) is 5.41 Å². The van der Waals surface area contributed by atoms with Gasteiger partial charge in [0.05, 0.1) is 12.6 Å². The van der Waals surface area contributed by atoms with Crippen LogP contribution in [0.4, 0.5) is 4.79 Å². The van der Waals surface area contributed by atoms with Gasteiger partial charge in [-0.05, 0) is 23.8 Å². The summed E-state index contributed by atoms with van der Waals surface area (Å²) in [4.78, 5) is 14.3. The number of likely N-dealkylation sites (tertiary alicyclic amines) is 1. The fraction of sp³-hybridized carbons (Fsp3) is 0.632. The SMILES string of the molecule is CCCCOCC1CC(C)(C)CN1C(=O)OCc1ccccc1. The lowest BCUT2D eigenvalue weighted by Gasteiger charge is -2.24. The van der Waals surface area contributed by atoms with E-state index >= 15 is 0 Å². The minimum Gasteiger partial charge on any atom is -0.445 e. The molecule has 1 aromatic rings. The predicted molar refractivity (Wildman–Crippen MR) is 91.2 cm³/mol. The summed E-state index contributed by atoms with van der Waals surface area (Å²) in [5.41, 5.74) is 1.12. The molecule has 0 N–H and O–H groups in total. The molecule has 1 aliphatic heterocycles. The number of nitrogens with zero attached hydrogens (tertiary/aromatic N) is 1. The van der Waals surface area contributed by atoms with E-state index < -0.39 is 0 Å². The van der Waals surface area contributed by atoms with Crippen LogP contribution in [0.5, 0.6) is 0 Å². The summed E-state index contributed by atoms with van der Waals surface area (Å²) < 4.78 is 11.2. The van der Waals surface area contributed by atoms with Crippen LogP contribution in [0.1, 0.15) is 45.6 Å². The van der Waals surface area contributed by atoms with E-state index in [-0.39, 0.29) is 17.6 Å². The molecule has 2 rings (SSSR count). The van der Waals surface area contributed by atoms with Crippen LogP contribution in [-0.4, -0.2) is 36.8 Å². The van der Waals surface area contributed by atoms with Crippen molar-refractivity contribution >= 4 is 6.09 Å². The Hall–Kier alpha value is -1.55. The Morgan fingerprint density at radius 1 is 1.30 bits per heavy atom. The van der Waals surface area contributed by atoms with Crippen molar-refractivity contribution in [3.05, 3.63) is 35.9 Å². The average molecular weight is 319 g/mol. The first-order chi connectivity index (χ1) is 11.0. The van der Waals surface area contributed by atoms with Gasteiger partial charge in [-0.15, -0.1) is 0 Å². The van der Waals surface area contributed by atoms with Crippen molar-refractivity contribution in [3.8, 4) is 0 Å². The van der Waals surface area contributed by atoms with Crippen LogP contribution in [0.25, 0.3) is 0 Å². The van der Waals surface area contributed by atoms with Crippen molar-refractivity contribution < 1.29 is 14.3 Å². The van der Waals surface area contributed by atoms with Crippen molar-refractivity contribution in [2.75, 3.05) is 19.8 Å². The molecule has 1 fully saturated rings. The lowest BCUT2D eigenvalue weighted by molar-refractivity contribution is 0.0540. The van der Waals surface area contributed by atoms with Crippen LogP contribution in [0.2, 0.25) is 0 Å². The molecule has 0 saturated carbocycles. The first-order valence-electron chi connectivity index (χ1n) is 8.57. The van der Waals surface area contributed by atoms with E-state index in [1.54, 1.807) is 0 Å². The monoisotopic (exact) mass is 319 g/mol. The molecule has 0 aliphatic carbocycles. The molecule has 128 valence electrons. The molecule has 1 unspecified atom stereocenters. The van der Waals surface area contributed by atoms with E-state index in [9.17, 15) is 4.79 Å². The van der Waals surface area contributed by atoms with Gasteiger partial charge in [-0.3, -0.25) is 0 Å². The van der Waals surface area contributed by atoms with Gasteiger partial charge in [0, 0.05) is 13.2 Å². The van der Waals surface area contributed by atoms with Crippen LogP contribution in [0.3, 0.4) is 0 Å². The van der Waals surface area contributed by atoms with Crippen molar-refractivity contribution in [1.82, 2.24) is 4.90 Å². The van der Waals surface area contributed by atoms with E-state index in [4.69, 9.17) is 9.47 Å². The zero-order chi connectivity index (χ0) is 16.7. The third kappa shape index (κ3) is 5.54. The Morgan fingerprint density at radius 2 is 2.04 bits per heavy atom. The molecule has 4 heteroatoms. The van der Waals surface area contributed by atoms with E-state index in [1.165, 1.54) is 0 Å². The van der Waals surface area contributed by atoms with Crippen LogP contribution < -0.4 is 0 Å². The summed E-state index contributed by atoms with van der Waals surface area (Å²) in [6.07, 6.45) is 2.91. The van der Waals surface area contributed by atoms with E-state index in [0.29, 0.717) is 13.2 Å². The molecule has 1 aromatic carbocycles. The van der Waals surface area contributed by atoms with Crippen molar-refractivity contribution in [1.29, 1.82) is 0 Å². The van der Waals surface area contributed by atoms with Gasteiger partial charge < -0.3 is 14.4 Å². The fourth-order valence-electron chi connectivity index (χ4n) is 3.03. The highest BCUT2D eigenvalue weighted by Gasteiger charge is 2.40. The van der Waals surface area contributed by atoms with Gasteiger partial charge in [0.25, 0.3) is 0 Å². The van der Waals surface area contributed by atoms with Crippen molar-refractivity contribution in [2.45, 2.75) is 52.7 Å². The molecule has 0 spiro atoms. The van der Waals surface area contributed by atoms with Crippen molar-refractivity contribution in [3.63, 3.8) is 0 Å². The maximum atomic E-state index is 12.5. The number of carbonyl (C=O) groups excluding carboxylic acids is 1. The molecule has 1 heterocycles. The molecule has 23 heavy (non-hydrogen) atoms. The summed E-state index contributed by atoms with van der Waals surface area (Å²) in [7, 11) is 0. The lowest BCUT2D eigenvalue weighted by atomic mass is 9.91. The Bertz CT molecular complexity index is 487. The number of rotatable bonds is 7. The summed E-state index contributed by atoms with van der Waals surface area (Å²) in [5.74, 6) is 0. The van der Waals surface area contributed by atoms with E-state index in [2.05, 4.69) is 20.8 Å². The molecule has 0 radical (unpaired) electrons. The largest absolute Gasteiger partial charge is 0.445 e. The van der Waals surface area contributed by atoms with Gasteiger partial charge >= 0.3 is 6.09 Å². The summed E-state index contributed by atoms with van der Waals surface area (Å²) in [6, 6.07) is 9.90. The van der Waals surface area contributed by atoms with Crippen LogP contribution in [0.15, 0.2) is 30.3 Å². The smallest absolute Gasteiger partial charge is 0.410 e. The van der Waals surface area contributed by atoms with Crippen LogP contribution >= 0.6 is 0 Å². The predicted octanol–water partition coefficient (Wildman–Crippen LogP) is 4.24. The number of benzene rings is 1. The molecule has 0 bridgehead atoms. The molecular formula is C19H29NO3. The molecule has 1 atom stereocenters. The summed E-state index contributed by atoms with van der Waals surface area (Å²) >= 11 is 0. The second-order valence-corrected chi connectivity index (χ2v) is 7.12. The van der Waals surface area contributed by atoms with Crippen LogP contribution in [0, 0.1) is 5.41 Å². The Kier molecular flexibility index (Phi) is 6.46. The topological polar surface area (TPSA) is 38.8 Å². The molecular weight excluding hydrogens is 290 g/mol. The quantitative estimate of drug-likeness (QED) is 0.706. The Morgan fingerprint density at radius 3 is 2.74 bits per heavy atom. The maximum Gasteiger partial charge on any atom is 0.410 e. The van der Waals surface area contributed by atoms with Crippen LogP contribution in [-0.2, 0) is 16.1 Å². The molecule has 4 nitrogen and oxygen atoms in total. The first kappa shape index (κ1) is 17.8. The number of carbonyl (C=O) groups is 1. The normalized spacial score (nSPS) is 19.8. The molecule has 1 aliphatic rings. The number of hydrogen-bond acceptors (Lipinski definition) is 3. The van der Waals surface area contributed by atoms with Gasteiger partial charge in [-0.1, -0.05) is 57.5 Å². The second-order valence-electron chi connectivity index (χ2n) is 7.12. The Labute approximate surface area is 139 Å². The highest BCUT2D eigenvalue weighted by Crippen LogP contribution is 2.34. The fourth-order valence-corrected chi connectivity index (χ4v) is 3.03. The standard InChI is InChI=1S/C19H29NO3/c1-4-5-11-22-14-17-12-19(2,3)15-20(17)18(21)23-13-16-9-7-6-8-10-16/h6-10,17H,4-5,11-15H2,1-3H3. The molecule has 0 aromatic heterocycles. The molecule has 1 saturated heterocycles. The number of hydrogen-bond donors (Lipinski definition) is 0. The highest BCUT2D eigenvalue weighted by molar-refractivity contribution is 5.68. The second kappa shape index (κ2) is 8.34. The number of unbranched alkanes of at least 4 members (excludes halogenated alkanes) is 1. The number of ether oxygens (including phenoxy) is 2. The third-order valence-corrected chi connectivity index (χ3v) is 4.22. The highest BCUT2D eigenvalue weighted by atomic mass is 16.6. The van der Waals surface area contributed by atoms with E-state index in [1.807, 2.05) is 35.2 Å². The zero-order valence-corrected chi connectivity index (χ0v) is 14.6. The van der Waals surface area contributed by atoms with Gasteiger partial charge in [0.1, 0.15) is 6.61 Å². The Balaban J connectivity index is 1.87. The minimum atomic E-state index is -0.233. The lowest BCUT2D eigenvalue weighted by Crippen LogP contribution is -2.39. The average Bonchev–Trinajstić information content (AvgIpc) is 2.85. The number of amides is 1. The van der Waals surface area contributed by atoms with Gasteiger partial charge in [0.2, 0.25) is 0 Å².